The van der Waals surface area contributed by atoms with Crippen LogP contribution in [0.5, 0.6) is 0 Å². The van der Waals surface area contributed by atoms with E-state index in [1.54, 1.807) is 0 Å². The highest BCUT2D eigenvalue weighted by molar-refractivity contribution is 7.98. The molecule has 32 heavy (non-hydrogen) atoms. The Labute approximate surface area is 200 Å². The lowest BCUT2D eigenvalue weighted by atomic mass is 10.1. The van der Waals surface area contributed by atoms with E-state index < -0.39 is 0 Å². The number of ether oxygens (including phenoxy) is 1. The molecule has 0 atom stereocenters. The molecule has 0 saturated carbocycles. The van der Waals surface area contributed by atoms with Crippen molar-refractivity contribution in [3.63, 3.8) is 0 Å². The Kier molecular flexibility index (Phi) is 8.56. The molecule has 0 aliphatic carbocycles. The summed E-state index contributed by atoms with van der Waals surface area (Å²) in [5.41, 5.74) is 4.90. The van der Waals surface area contributed by atoms with Gasteiger partial charge in [0.1, 0.15) is 0 Å². The molecule has 2 N–H and O–H groups in total. The van der Waals surface area contributed by atoms with E-state index in [4.69, 9.17) is 17.0 Å². The van der Waals surface area contributed by atoms with E-state index in [0.29, 0.717) is 11.7 Å². The summed E-state index contributed by atoms with van der Waals surface area (Å²) in [6, 6.07) is 27.5. The summed E-state index contributed by atoms with van der Waals surface area (Å²) in [6.07, 6.45) is 0. The third-order valence-corrected chi connectivity index (χ3v) is 6.75. The van der Waals surface area contributed by atoms with Crippen LogP contribution in [-0.2, 0) is 23.6 Å². The third-order valence-electron chi connectivity index (χ3n) is 5.42. The molecular weight excluding hydrogens is 434 g/mol. The van der Waals surface area contributed by atoms with Gasteiger partial charge in [0.05, 0.1) is 13.2 Å². The summed E-state index contributed by atoms with van der Waals surface area (Å²) < 4.78 is 5.46. The number of nitrogens with one attached hydrogen (secondary N) is 2. The first-order valence-electron chi connectivity index (χ1n) is 10.9. The van der Waals surface area contributed by atoms with Gasteiger partial charge in [-0.05, 0) is 53.2 Å². The molecule has 3 aromatic rings. The Balaban J connectivity index is 1.25. The highest BCUT2D eigenvalue weighted by Crippen LogP contribution is 2.23. The molecule has 1 saturated heterocycles. The van der Waals surface area contributed by atoms with Crippen molar-refractivity contribution in [1.29, 1.82) is 0 Å². The summed E-state index contributed by atoms with van der Waals surface area (Å²) in [6.45, 7) is 5.27. The van der Waals surface area contributed by atoms with Crippen LogP contribution in [0.25, 0.3) is 0 Å². The molecule has 166 valence electrons. The van der Waals surface area contributed by atoms with Gasteiger partial charge in [0.2, 0.25) is 0 Å². The first kappa shape index (κ1) is 22.8. The first-order valence-corrected chi connectivity index (χ1v) is 12.3. The van der Waals surface area contributed by atoms with Crippen molar-refractivity contribution in [2.24, 2.45) is 0 Å². The standard InChI is InChI=1S/C26H29N3OS2/c31-26(27-18-22-6-4-5-7-23(22)19-29-14-16-30-17-15-29)28-24-12-10-21(11-13-24)20-32-25-8-2-1-3-9-25/h1-13H,14-20H2,(H2,27,28,31). The predicted octanol–water partition coefficient (Wildman–Crippen LogP) is 5.30. The molecule has 1 heterocycles. The summed E-state index contributed by atoms with van der Waals surface area (Å²) in [4.78, 5) is 3.73. The van der Waals surface area contributed by atoms with Crippen molar-refractivity contribution in [2.45, 2.75) is 23.7 Å². The molecule has 1 aliphatic heterocycles. The maximum Gasteiger partial charge on any atom is 0.171 e. The van der Waals surface area contributed by atoms with Crippen LogP contribution in [0, 0.1) is 0 Å². The number of thiocarbonyl (C=S) groups is 1. The quantitative estimate of drug-likeness (QED) is 0.349. The van der Waals surface area contributed by atoms with Gasteiger partial charge in [-0.3, -0.25) is 4.90 Å². The molecule has 4 nitrogen and oxygen atoms in total. The van der Waals surface area contributed by atoms with Crippen LogP contribution in [0.3, 0.4) is 0 Å². The van der Waals surface area contributed by atoms with Gasteiger partial charge in [0.25, 0.3) is 0 Å². The van der Waals surface area contributed by atoms with Crippen molar-refractivity contribution in [2.75, 3.05) is 31.6 Å². The first-order chi connectivity index (χ1) is 15.8. The third kappa shape index (κ3) is 7.07. The molecule has 0 aromatic heterocycles. The Bertz CT molecular complexity index is 989. The molecule has 0 bridgehead atoms. The van der Waals surface area contributed by atoms with Crippen LogP contribution < -0.4 is 10.6 Å². The fraction of sp³-hybridized carbons (Fsp3) is 0.269. The Morgan fingerprint density at radius 3 is 2.31 bits per heavy atom. The van der Waals surface area contributed by atoms with Crippen molar-refractivity contribution in [1.82, 2.24) is 10.2 Å². The van der Waals surface area contributed by atoms with E-state index in [0.717, 1.165) is 44.3 Å². The minimum atomic E-state index is 0.637. The van der Waals surface area contributed by atoms with Gasteiger partial charge in [-0.15, -0.1) is 11.8 Å². The zero-order chi connectivity index (χ0) is 22.0. The van der Waals surface area contributed by atoms with Gasteiger partial charge in [0.15, 0.2) is 5.11 Å². The van der Waals surface area contributed by atoms with Gasteiger partial charge in [-0.25, -0.2) is 0 Å². The zero-order valence-electron chi connectivity index (χ0n) is 18.1. The lowest BCUT2D eigenvalue weighted by Crippen LogP contribution is -2.36. The van der Waals surface area contributed by atoms with Gasteiger partial charge < -0.3 is 15.4 Å². The van der Waals surface area contributed by atoms with Gasteiger partial charge in [0, 0.05) is 42.5 Å². The van der Waals surface area contributed by atoms with Crippen LogP contribution in [0.1, 0.15) is 16.7 Å². The highest BCUT2D eigenvalue weighted by Gasteiger charge is 2.12. The molecule has 0 radical (unpaired) electrons. The molecule has 1 aliphatic rings. The number of morpholine rings is 1. The second-order valence-corrected chi connectivity index (χ2v) is 9.22. The van der Waals surface area contributed by atoms with E-state index in [2.05, 4.69) is 88.3 Å². The number of hydrogen-bond acceptors (Lipinski definition) is 4. The summed E-state index contributed by atoms with van der Waals surface area (Å²) in [5.74, 6) is 0.951. The van der Waals surface area contributed by atoms with Crippen LogP contribution in [0.2, 0.25) is 0 Å². The molecule has 0 amide bonds. The summed E-state index contributed by atoms with van der Waals surface area (Å²) in [5, 5.41) is 7.30. The van der Waals surface area contributed by atoms with Gasteiger partial charge >= 0.3 is 0 Å². The SMILES string of the molecule is S=C(NCc1ccccc1CN1CCOCC1)Nc1ccc(CSc2ccccc2)cc1. The van der Waals surface area contributed by atoms with Crippen molar-refractivity contribution in [3.05, 3.63) is 95.6 Å². The van der Waals surface area contributed by atoms with E-state index >= 15 is 0 Å². The Hall–Kier alpha value is -2.38. The predicted molar refractivity (Wildman–Crippen MR) is 138 cm³/mol. The fourth-order valence-corrected chi connectivity index (χ4v) is 4.67. The summed E-state index contributed by atoms with van der Waals surface area (Å²) >= 11 is 7.38. The van der Waals surface area contributed by atoms with Gasteiger partial charge in [-0.1, -0.05) is 54.6 Å². The topological polar surface area (TPSA) is 36.5 Å². The smallest absolute Gasteiger partial charge is 0.171 e. The van der Waals surface area contributed by atoms with Crippen LogP contribution in [-0.4, -0.2) is 36.3 Å². The normalized spacial score (nSPS) is 14.1. The number of nitrogens with zero attached hydrogens (tertiary/aromatic N) is 1. The summed E-state index contributed by atoms with van der Waals surface area (Å²) in [7, 11) is 0. The molecular formula is C26H29N3OS2. The lowest BCUT2D eigenvalue weighted by Gasteiger charge is -2.27. The number of thioether (sulfide) groups is 1. The number of hydrogen-bond donors (Lipinski definition) is 2. The molecule has 0 unspecified atom stereocenters. The van der Waals surface area contributed by atoms with Crippen molar-refractivity contribution in [3.8, 4) is 0 Å². The van der Waals surface area contributed by atoms with E-state index in [-0.39, 0.29) is 0 Å². The maximum atomic E-state index is 5.53. The second-order valence-electron chi connectivity index (χ2n) is 7.76. The molecule has 0 spiro atoms. The van der Waals surface area contributed by atoms with Crippen LogP contribution in [0.15, 0.2) is 83.8 Å². The minimum absolute atomic E-state index is 0.637. The average Bonchev–Trinajstić information content (AvgIpc) is 2.84. The molecule has 6 heteroatoms. The van der Waals surface area contributed by atoms with E-state index in [9.17, 15) is 0 Å². The number of rotatable bonds is 8. The van der Waals surface area contributed by atoms with Crippen molar-refractivity contribution < 1.29 is 4.74 Å². The largest absolute Gasteiger partial charge is 0.379 e. The lowest BCUT2D eigenvalue weighted by molar-refractivity contribution is 0.0341. The Morgan fingerprint density at radius 1 is 0.875 bits per heavy atom. The molecule has 4 rings (SSSR count). The monoisotopic (exact) mass is 463 g/mol. The molecule has 1 fully saturated rings. The van der Waals surface area contributed by atoms with E-state index in [1.807, 2.05) is 17.8 Å². The zero-order valence-corrected chi connectivity index (χ0v) is 19.8. The van der Waals surface area contributed by atoms with E-state index in [1.165, 1.54) is 21.6 Å². The second kappa shape index (κ2) is 12.0. The van der Waals surface area contributed by atoms with Crippen LogP contribution >= 0.6 is 24.0 Å². The maximum absolute atomic E-state index is 5.53. The highest BCUT2D eigenvalue weighted by atomic mass is 32.2. The van der Waals surface area contributed by atoms with Gasteiger partial charge in [-0.2, -0.15) is 0 Å². The number of benzene rings is 3. The number of anilines is 1. The minimum Gasteiger partial charge on any atom is -0.379 e. The average molecular weight is 464 g/mol. The van der Waals surface area contributed by atoms with Crippen molar-refractivity contribution >= 4 is 34.8 Å². The van der Waals surface area contributed by atoms with Crippen LogP contribution in [0.4, 0.5) is 5.69 Å². The fourth-order valence-electron chi connectivity index (χ4n) is 3.60. The molecule has 3 aromatic carbocycles. The Morgan fingerprint density at radius 2 is 1.56 bits per heavy atom.